The standard InChI is InChI=1S/C22H29N3O5/c1-7-17(25-21(27)30-22(3,4)5)20(26)24-15-9-11-19(23-13-15)29-16-10-8-14(2)18(12-16)28-6/h8-13,17H,7H2,1-6H3,(H,24,26)(H,25,27)/t17-/m1/s1. The SMILES string of the molecule is CC[C@@H](NC(=O)OC(C)(C)C)C(=O)Nc1ccc(Oc2ccc(C)c(OC)c2)nc1. The van der Waals surface area contributed by atoms with Crippen LogP contribution in [0.1, 0.15) is 39.7 Å². The number of hydrogen-bond donors (Lipinski definition) is 2. The molecule has 1 heterocycles. The quantitative estimate of drug-likeness (QED) is 0.694. The molecule has 0 saturated heterocycles. The van der Waals surface area contributed by atoms with Crippen molar-refractivity contribution in [3.63, 3.8) is 0 Å². The van der Waals surface area contributed by atoms with Crippen molar-refractivity contribution < 1.29 is 23.8 Å². The van der Waals surface area contributed by atoms with Crippen LogP contribution in [0.2, 0.25) is 0 Å². The van der Waals surface area contributed by atoms with E-state index in [-0.39, 0.29) is 5.91 Å². The number of carbonyl (C=O) groups is 2. The minimum atomic E-state index is -0.726. The molecule has 8 nitrogen and oxygen atoms in total. The van der Waals surface area contributed by atoms with E-state index in [0.29, 0.717) is 23.7 Å². The maximum absolute atomic E-state index is 12.5. The maximum atomic E-state index is 12.5. The first-order valence-electron chi connectivity index (χ1n) is 9.70. The van der Waals surface area contributed by atoms with Crippen molar-refractivity contribution in [2.75, 3.05) is 12.4 Å². The topological polar surface area (TPSA) is 98.8 Å². The van der Waals surface area contributed by atoms with Gasteiger partial charge in [0.1, 0.15) is 23.1 Å². The lowest BCUT2D eigenvalue weighted by Gasteiger charge is -2.22. The van der Waals surface area contributed by atoms with E-state index in [9.17, 15) is 9.59 Å². The number of rotatable bonds is 7. The van der Waals surface area contributed by atoms with Gasteiger partial charge in [-0.3, -0.25) is 4.79 Å². The monoisotopic (exact) mass is 415 g/mol. The molecule has 1 atom stereocenters. The smallest absolute Gasteiger partial charge is 0.408 e. The molecule has 162 valence electrons. The van der Waals surface area contributed by atoms with E-state index < -0.39 is 17.7 Å². The summed E-state index contributed by atoms with van der Waals surface area (Å²) in [6, 6.07) is 8.09. The number of hydrogen-bond acceptors (Lipinski definition) is 6. The van der Waals surface area contributed by atoms with E-state index in [1.165, 1.54) is 6.20 Å². The van der Waals surface area contributed by atoms with Crippen molar-refractivity contribution >= 4 is 17.7 Å². The Morgan fingerprint density at radius 3 is 2.47 bits per heavy atom. The minimum absolute atomic E-state index is 0.359. The van der Waals surface area contributed by atoms with Gasteiger partial charge in [-0.25, -0.2) is 9.78 Å². The number of alkyl carbamates (subject to hydrolysis) is 1. The lowest BCUT2D eigenvalue weighted by molar-refractivity contribution is -0.118. The molecule has 8 heteroatoms. The van der Waals surface area contributed by atoms with Gasteiger partial charge >= 0.3 is 6.09 Å². The van der Waals surface area contributed by atoms with Crippen molar-refractivity contribution in [3.05, 3.63) is 42.1 Å². The molecule has 2 amide bonds. The van der Waals surface area contributed by atoms with Gasteiger partial charge in [0.15, 0.2) is 0 Å². The molecule has 0 aliphatic heterocycles. The van der Waals surface area contributed by atoms with Gasteiger partial charge in [0.05, 0.1) is 19.0 Å². The van der Waals surface area contributed by atoms with E-state index in [1.807, 2.05) is 19.1 Å². The highest BCUT2D eigenvalue weighted by atomic mass is 16.6. The number of benzene rings is 1. The second-order valence-electron chi connectivity index (χ2n) is 7.71. The zero-order valence-electron chi connectivity index (χ0n) is 18.2. The summed E-state index contributed by atoms with van der Waals surface area (Å²) in [7, 11) is 1.60. The molecule has 0 radical (unpaired) electrons. The zero-order chi connectivity index (χ0) is 22.3. The van der Waals surface area contributed by atoms with E-state index >= 15 is 0 Å². The normalized spacial score (nSPS) is 11.9. The highest BCUT2D eigenvalue weighted by molar-refractivity contribution is 5.96. The van der Waals surface area contributed by atoms with Crippen LogP contribution < -0.4 is 20.1 Å². The summed E-state index contributed by atoms with van der Waals surface area (Å²) in [6.07, 6.45) is 1.26. The highest BCUT2D eigenvalue weighted by Crippen LogP contribution is 2.27. The van der Waals surface area contributed by atoms with Crippen LogP contribution in [0.3, 0.4) is 0 Å². The van der Waals surface area contributed by atoms with Gasteiger partial charge in [0.25, 0.3) is 0 Å². The van der Waals surface area contributed by atoms with Gasteiger partial charge in [-0.05, 0) is 51.8 Å². The van der Waals surface area contributed by atoms with Gasteiger partial charge in [-0.15, -0.1) is 0 Å². The molecule has 2 aromatic rings. The molecule has 0 fully saturated rings. The predicted molar refractivity (Wildman–Crippen MR) is 114 cm³/mol. The summed E-state index contributed by atoms with van der Waals surface area (Å²) in [4.78, 5) is 28.6. The Hall–Kier alpha value is -3.29. The molecular formula is C22H29N3O5. The summed E-state index contributed by atoms with van der Waals surface area (Å²) in [5.74, 6) is 1.33. The first kappa shape index (κ1) is 23.0. The van der Waals surface area contributed by atoms with Gasteiger partial charge in [-0.2, -0.15) is 0 Å². The number of carbonyl (C=O) groups excluding carboxylic acids is 2. The fourth-order valence-corrected chi connectivity index (χ4v) is 2.53. The average Bonchev–Trinajstić information content (AvgIpc) is 2.67. The molecule has 2 N–H and O–H groups in total. The second-order valence-corrected chi connectivity index (χ2v) is 7.71. The van der Waals surface area contributed by atoms with Crippen LogP contribution in [0.15, 0.2) is 36.5 Å². The minimum Gasteiger partial charge on any atom is -0.496 e. The van der Waals surface area contributed by atoms with Crippen molar-refractivity contribution in [1.29, 1.82) is 0 Å². The largest absolute Gasteiger partial charge is 0.496 e. The fourth-order valence-electron chi connectivity index (χ4n) is 2.53. The van der Waals surface area contributed by atoms with Crippen molar-refractivity contribution in [2.45, 2.75) is 52.7 Å². The first-order chi connectivity index (χ1) is 14.1. The Morgan fingerprint density at radius 2 is 1.90 bits per heavy atom. The van der Waals surface area contributed by atoms with Crippen molar-refractivity contribution in [3.8, 4) is 17.4 Å². The number of methoxy groups -OCH3 is 1. The van der Waals surface area contributed by atoms with E-state index in [2.05, 4.69) is 15.6 Å². The Balaban J connectivity index is 1.97. The summed E-state index contributed by atoms with van der Waals surface area (Å²) in [6.45, 7) is 9.02. The number of amides is 2. The van der Waals surface area contributed by atoms with E-state index in [0.717, 1.165) is 11.3 Å². The van der Waals surface area contributed by atoms with Crippen LogP contribution in [0.4, 0.5) is 10.5 Å². The molecule has 0 unspecified atom stereocenters. The molecule has 0 spiro atoms. The van der Waals surface area contributed by atoms with Crippen molar-refractivity contribution in [1.82, 2.24) is 10.3 Å². The number of nitrogens with one attached hydrogen (secondary N) is 2. The third-order valence-electron chi connectivity index (χ3n) is 4.02. The van der Waals surface area contributed by atoms with Crippen molar-refractivity contribution in [2.24, 2.45) is 0 Å². The van der Waals surface area contributed by atoms with Crippen LogP contribution in [-0.4, -0.2) is 35.7 Å². The summed E-state index contributed by atoms with van der Waals surface area (Å²) < 4.78 is 16.2. The Kier molecular flexibility index (Phi) is 7.63. The Bertz CT molecular complexity index is 875. The Morgan fingerprint density at radius 1 is 1.17 bits per heavy atom. The highest BCUT2D eigenvalue weighted by Gasteiger charge is 2.23. The second kappa shape index (κ2) is 9.96. The third-order valence-corrected chi connectivity index (χ3v) is 4.02. The van der Waals surface area contributed by atoms with Crippen LogP contribution in [0, 0.1) is 6.92 Å². The first-order valence-corrected chi connectivity index (χ1v) is 9.70. The lowest BCUT2D eigenvalue weighted by Crippen LogP contribution is -2.45. The van der Waals surface area contributed by atoms with Crippen LogP contribution in [-0.2, 0) is 9.53 Å². The number of anilines is 1. The number of nitrogens with zero attached hydrogens (tertiary/aromatic N) is 1. The van der Waals surface area contributed by atoms with Gasteiger partial charge < -0.3 is 24.8 Å². The third kappa shape index (κ3) is 6.95. The number of ether oxygens (including phenoxy) is 3. The fraction of sp³-hybridized carbons (Fsp3) is 0.409. The van der Waals surface area contributed by atoms with Gasteiger partial charge in [-0.1, -0.05) is 13.0 Å². The molecule has 0 bridgehead atoms. The molecule has 2 rings (SSSR count). The summed E-state index contributed by atoms with van der Waals surface area (Å²) in [5, 5.41) is 5.30. The maximum Gasteiger partial charge on any atom is 0.408 e. The molecule has 0 saturated carbocycles. The van der Waals surface area contributed by atoms with Gasteiger partial charge in [0.2, 0.25) is 11.8 Å². The molecule has 0 aliphatic carbocycles. The molecule has 30 heavy (non-hydrogen) atoms. The van der Waals surface area contributed by atoms with Crippen LogP contribution >= 0.6 is 0 Å². The lowest BCUT2D eigenvalue weighted by atomic mass is 10.2. The van der Waals surface area contributed by atoms with Crippen LogP contribution in [0.25, 0.3) is 0 Å². The van der Waals surface area contributed by atoms with Gasteiger partial charge in [0, 0.05) is 12.1 Å². The number of aryl methyl sites for hydroxylation is 1. The molecule has 0 aliphatic rings. The predicted octanol–water partition coefficient (Wildman–Crippen LogP) is 4.43. The van der Waals surface area contributed by atoms with E-state index in [4.69, 9.17) is 14.2 Å². The number of aromatic nitrogens is 1. The van der Waals surface area contributed by atoms with E-state index in [1.54, 1.807) is 53.0 Å². The van der Waals surface area contributed by atoms with Crippen LogP contribution in [0.5, 0.6) is 17.4 Å². The molecule has 1 aromatic heterocycles. The zero-order valence-corrected chi connectivity index (χ0v) is 18.2. The average molecular weight is 415 g/mol. The molecule has 1 aromatic carbocycles. The number of pyridine rings is 1. The molecular weight excluding hydrogens is 386 g/mol. The Labute approximate surface area is 176 Å². The summed E-state index contributed by atoms with van der Waals surface area (Å²) in [5.41, 5.74) is 0.847. The summed E-state index contributed by atoms with van der Waals surface area (Å²) >= 11 is 0.